The fourth-order valence-electron chi connectivity index (χ4n) is 2.26. The van der Waals surface area contributed by atoms with Gasteiger partial charge in [-0.2, -0.15) is 0 Å². The molecule has 0 radical (unpaired) electrons. The minimum atomic E-state index is -0.471. The van der Waals surface area contributed by atoms with Crippen molar-refractivity contribution in [2.45, 2.75) is 12.8 Å². The summed E-state index contributed by atoms with van der Waals surface area (Å²) in [6.07, 6.45) is -0.0603. The number of carbonyl (C=O) groups excluding carboxylic acids is 3. The van der Waals surface area contributed by atoms with Crippen LogP contribution in [-0.4, -0.2) is 38.1 Å². The molecule has 0 aliphatic carbocycles. The van der Waals surface area contributed by atoms with Gasteiger partial charge in [0.05, 0.1) is 13.0 Å². The Kier molecular flexibility index (Phi) is 8.45. The van der Waals surface area contributed by atoms with E-state index in [1.165, 1.54) is 7.11 Å². The maximum Gasteiger partial charge on any atom is 0.306 e. The van der Waals surface area contributed by atoms with Gasteiger partial charge in [0.1, 0.15) is 6.61 Å². The molecule has 0 fully saturated rings. The van der Waals surface area contributed by atoms with Crippen LogP contribution in [0.15, 0.2) is 48.5 Å². The molecule has 0 unspecified atom stereocenters. The Morgan fingerprint density at radius 1 is 0.929 bits per heavy atom. The molecule has 8 heteroatoms. The normalized spacial score (nSPS) is 10.2. The number of hydrogen-bond donors (Lipinski definition) is 2. The van der Waals surface area contributed by atoms with Crippen LogP contribution >= 0.6 is 11.6 Å². The van der Waals surface area contributed by atoms with Crippen LogP contribution in [0, 0.1) is 0 Å². The summed E-state index contributed by atoms with van der Waals surface area (Å²) in [4.78, 5) is 35.9. The third kappa shape index (κ3) is 7.38. The monoisotopic (exact) mass is 404 g/mol. The predicted octanol–water partition coefficient (Wildman–Crippen LogP) is 3.50. The van der Waals surface area contributed by atoms with Gasteiger partial charge in [0.2, 0.25) is 5.91 Å². The minimum absolute atomic E-state index is 0.0231. The molecule has 0 spiro atoms. The van der Waals surface area contributed by atoms with Crippen LogP contribution in [-0.2, 0) is 19.1 Å². The average molecular weight is 405 g/mol. The van der Waals surface area contributed by atoms with Crippen LogP contribution in [0.2, 0.25) is 5.02 Å². The number of anilines is 2. The van der Waals surface area contributed by atoms with Crippen molar-refractivity contribution >= 4 is 40.8 Å². The lowest BCUT2D eigenvalue weighted by atomic mass is 10.1. The Hall–Kier alpha value is -2.90. The molecule has 2 N–H and O–H groups in total. The van der Waals surface area contributed by atoms with E-state index in [1.54, 1.807) is 48.5 Å². The zero-order chi connectivity index (χ0) is 20.4. The highest BCUT2D eigenvalue weighted by atomic mass is 35.5. The smallest absolute Gasteiger partial charge is 0.306 e. The van der Waals surface area contributed by atoms with Gasteiger partial charge in [0.15, 0.2) is 0 Å². The molecular formula is C20H21ClN2O5. The summed E-state index contributed by atoms with van der Waals surface area (Å²) in [5.41, 5.74) is 1.40. The molecule has 7 nitrogen and oxygen atoms in total. The molecule has 0 atom stereocenters. The van der Waals surface area contributed by atoms with E-state index in [4.69, 9.17) is 21.1 Å². The Morgan fingerprint density at radius 2 is 1.64 bits per heavy atom. The van der Waals surface area contributed by atoms with E-state index >= 15 is 0 Å². The van der Waals surface area contributed by atoms with Gasteiger partial charge in [-0.1, -0.05) is 23.7 Å². The molecule has 2 aromatic rings. The second-order valence-corrected chi connectivity index (χ2v) is 6.24. The highest BCUT2D eigenvalue weighted by molar-refractivity contribution is 6.31. The van der Waals surface area contributed by atoms with Crippen LogP contribution in [0.1, 0.15) is 23.2 Å². The zero-order valence-electron chi connectivity index (χ0n) is 15.4. The van der Waals surface area contributed by atoms with E-state index in [0.29, 0.717) is 28.6 Å². The molecule has 2 amide bonds. The number of rotatable bonds is 9. The number of ether oxygens (including phenoxy) is 2. The number of nitrogens with one attached hydrogen (secondary N) is 2. The predicted molar refractivity (Wildman–Crippen MR) is 107 cm³/mol. The molecule has 0 aromatic heterocycles. The number of esters is 1. The Morgan fingerprint density at radius 3 is 2.36 bits per heavy atom. The van der Waals surface area contributed by atoms with Crippen molar-refractivity contribution in [2.75, 3.05) is 31.0 Å². The summed E-state index contributed by atoms with van der Waals surface area (Å²) >= 11 is 5.91. The Balaban J connectivity index is 1.87. The van der Waals surface area contributed by atoms with Crippen molar-refractivity contribution in [1.82, 2.24) is 0 Å². The Bertz CT molecular complexity index is 841. The molecular weight excluding hydrogens is 384 g/mol. The van der Waals surface area contributed by atoms with Gasteiger partial charge >= 0.3 is 5.97 Å². The maximum absolute atomic E-state index is 12.4. The molecule has 2 rings (SSSR count). The van der Waals surface area contributed by atoms with Gasteiger partial charge in [-0.3, -0.25) is 14.4 Å². The largest absolute Gasteiger partial charge is 0.463 e. The Labute approximate surface area is 168 Å². The summed E-state index contributed by atoms with van der Waals surface area (Å²) in [5, 5.41) is 5.91. The van der Waals surface area contributed by atoms with Crippen LogP contribution in [0.4, 0.5) is 11.4 Å². The minimum Gasteiger partial charge on any atom is -0.463 e. The number of methoxy groups -OCH3 is 1. The van der Waals surface area contributed by atoms with Crippen molar-refractivity contribution in [1.29, 1.82) is 0 Å². The first-order chi connectivity index (χ1) is 13.5. The van der Waals surface area contributed by atoms with E-state index in [1.807, 2.05) is 0 Å². The number of halogens is 1. The number of benzene rings is 2. The lowest BCUT2D eigenvalue weighted by Crippen LogP contribution is -2.16. The van der Waals surface area contributed by atoms with Crippen molar-refractivity contribution in [3.63, 3.8) is 0 Å². The molecule has 0 saturated heterocycles. The summed E-state index contributed by atoms with van der Waals surface area (Å²) in [7, 11) is 1.50. The third-order valence-corrected chi connectivity index (χ3v) is 3.83. The van der Waals surface area contributed by atoms with Crippen LogP contribution < -0.4 is 10.6 Å². The first-order valence-corrected chi connectivity index (χ1v) is 8.97. The topological polar surface area (TPSA) is 93.7 Å². The standard InChI is InChI=1S/C20H21ClN2O5/c1-27-10-11-28-19(25)9-8-18(24)22-16-6-2-4-14(12-16)20(26)23-17-7-3-5-15(21)13-17/h2-7,12-13H,8-11H2,1H3,(H,22,24)(H,23,26). The van der Waals surface area contributed by atoms with Crippen molar-refractivity contribution in [3.05, 3.63) is 59.1 Å². The molecule has 0 saturated carbocycles. The molecule has 2 aromatic carbocycles. The van der Waals surface area contributed by atoms with Gasteiger partial charge < -0.3 is 20.1 Å². The van der Waals surface area contributed by atoms with Crippen molar-refractivity contribution in [2.24, 2.45) is 0 Å². The quantitative estimate of drug-likeness (QED) is 0.492. The lowest BCUT2D eigenvalue weighted by Gasteiger charge is -2.09. The van der Waals surface area contributed by atoms with Gasteiger partial charge in [-0.25, -0.2) is 0 Å². The fourth-order valence-corrected chi connectivity index (χ4v) is 2.45. The zero-order valence-corrected chi connectivity index (χ0v) is 16.1. The second-order valence-electron chi connectivity index (χ2n) is 5.81. The van der Waals surface area contributed by atoms with Gasteiger partial charge in [-0.15, -0.1) is 0 Å². The second kappa shape index (κ2) is 11.1. The van der Waals surface area contributed by atoms with Crippen LogP contribution in [0.3, 0.4) is 0 Å². The summed E-state index contributed by atoms with van der Waals surface area (Å²) in [6, 6.07) is 13.3. The number of amides is 2. The SMILES string of the molecule is COCCOC(=O)CCC(=O)Nc1cccc(C(=O)Nc2cccc(Cl)c2)c1. The van der Waals surface area contributed by atoms with Gasteiger partial charge in [0.25, 0.3) is 5.91 Å². The number of carbonyl (C=O) groups is 3. The van der Waals surface area contributed by atoms with Crippen LogP contribution in [0.5, 0.6) is 0 Å². The summed E-state index contributed by atoms with van der Waals surface area (Å²) < 4.78 is 9.67. The summed E-state index contributed by atoms with van der Waals surface area (Å²) in [5.74, 6) is -1.15. The van der Waals surface area contributed by atoms with Gasteiger partial charge in [0, 0.05) is 35.5 Å². The highest BCUT2D eigenvalue weighted by Crippen LogP contribution is 2.17. The van der Waals surface area contributed by atoms with Crippen molar-refractivity contribution in [3.8, 4) is 0 Å². The highest BCUT2D eigenvalue weighted by Gasteiger charge is 2.11. The number of hydrogen-bond acceptors (Lipinski definition) is 5. The maximum atomic E-state index is 12.4. The van der Waals surface area contributed by atoms with Gasteiger partial charge in [-0.05, 0) is 36.4 Å². The van der Waals surface area contributed by atoms with E-state index < -0.39 is 5.97 Å². The van der Waals surface area contributed by atoms with E-state index in [0.717, 1.165) is 0 Å². The van der Waals surface area contributed by atoms with Crippen molar-refractivity contribution < 1.29 is 23.9 Å². The average Bonchev–Trinajstić information content (AvgIpc) is 2.67. The molecule has 148 valence electrons. The molecule has 0 bridgehead atoms. The van der Waals surface area contributed by atoms with E-state index in [-0.39, 0.29) is 31.3 Å². The third-order valence-electron chi connectivity index (χ3n) is 3.60. The first-order valence-electron chi connectivity index (χ1n) is 8.59. The first kappa shape index (κ1) is 21.4. The lowest BCUT2D eigenvalue weighted by molar-refractivity contribution is -0.145. The molecule has 0 aliphatic heterocycles. The van der Waals surface area contributed by atoms with E-state index in [2.05, 4.69) is 10.6 Å². The molecule has 0 aliphatic rings. The molecule has 0 heterocycles. The summed E-state index contributed by atoms with van der Waals surface area (Å²) in [6.45, 7) is 0.461. The van der Waals surface area contributed by atoms with Crippen LogP contribution in [0.25, 0.3) is 0 Å². The fraction of sp³-hybridized carbons (Fsp3) is 0.250. The molecule has 28 heavy (non-hydrogen) atoms. The van der Waals surface area contributed by atoms with E-state index in [9.17, 15) is 14.4 Å².